The van der Waals surface area contributed by atoms with Crippen molar-refractivity contribution in [1.29, 1.82) is 0 Å². The van der Waals surface area contributed by atoms with Gasteiger partial charge in [0.2, 0.25) is 12.2 Å². The highest BCUT2D eigenvalue weighted by molar-refractivity contribution is 7.86. The van der Waals surface area contributed by atoms with Gasteiger partial charge in [-0.15, -0.1) is 0 Å². The van der Waals surface area contributed by atoms with Crippen molar-refractivity contribution in [2.45, 2.75) is 94.4 Å². The molecule has 0 bridgehead atoms. The maximum Gasteiger partial charge on any atom is 0.405 e. The predicted molar refractivity (Wildman–Crippen MR) is 103 cm³/mol. The first kappa shape index (κ1) is 26.9. The molecule has 3 unspecified atom stereocenters. The van der Waals surface area contributed by atoms with Crippen molar-refractivity contribution in [2.75, 3.05) is 0 Å². The maximum absolute atomic E-state index is 13.4. The van der Waals surface area contributed by atoms with E-state index in [2.05, 4.69) is 4.74 Å². The second-order valence-electron chi connectivity index (χ2n) is 8.24. The first-order valence-corrected chi connectivity index (χ1v) is 11.8. The number of ether oxygens (including phenoxy) is 4. The fourth-order valence-electron chi connectivity index (χ4n) is 3.46. The average Bonchev–Trinajstić information content (AvgIpc) is 3.06. The van der Waals surface area contributed by atoms with Crippen LogP contribution >= 0.6 is 0 Å². The van der Waals surface area contributed by atoms with Gasteiger partial charge in [-0.1, -0.05) is 6.42 Å². The van der Waals surface area contributed by atoms with E-state index in [4.69, 9.17) is 18.8 Å². The summed E-state index contributed by atoms with van der Waals surface area (Å²) in [5.74, 6) is -4.15. The van der Waals surface area contributed by atoms with Crippen molar-refractivity contribution >= 4 is 34.0 Å². The number of carbonyl (C=O) groups excluding carboxylic acids is 4. The Morgan fingerprint density at radius 3 is 2.33 bits per heavy atom. The lowest BCUT2D eigenvalue weighted by molar-refractivity contribution is -0.176. The Morgan fingerprint density at radius 2 is 1.76 bits per heavy atom. The van der Waals surface area contributed by atoms with Crippen LogP contribution in [0.4, 0.5) is 8.78 Å². The van der Waals surface area contributed by atoms with Crippen LogP contribution in [0.5, 0.6) is 0 Å². The van der Waals surface area contributed by atoms with Gasteiger partial charge in [0.1, 0.15) is 5.60 Å². The van der Waals surface area contributed by atoms with Crippen LogP contribution in [0, 0.1) is 0 Å². The molecule has 14 heteroatoms. The summed E-state index contributed by atoms with van der Waals surface area (Å²) in [7, 11) is -5.82. The molecule has 0 aromatic heterocycles. The monoisotopic (exact) mass is 500 g/mol. The summed E-state index contributed by atoms with van der Waals surface area (Å²) >= 11 is 0. The molecule has 1 saturated heterocycles. The number of alkyl halides is 2. The smallest absolute Gasteiger partial charge is 0.405 e. The number of esters is 4. The summed E-state index contributed by atoms with van der Waals surface area (Å²) < 4.78 is 76.0. The second kappa shape index (κ2) is 10.3. The zero-order valence-corrected chi connectivity index (χ0v) is 18.9. The molecule has 3 atom stereocenters. The molecule has 2 aliphatic rings. The van der Waals surface area contributed by atoms with E-state index in [1.165, 1.54) is 0 Å². The van der Waals surface area contributed by atoms with Crippen molar-refractivity contribution in [2.24, 2.45) is 0 Å². The van der Waals surface area contributed by atoms with E-state index in [0.717, 1.165) is 19.3 Å². The van der Waals surface area contributed by atoms with Gasteiger partial charge in [0.15, 0.2) is 6.10 Å². The quantitative estimate of drug-likeness (QED) is 0.279. The Morgan fingerprint density at radius 1 is 1.18 bits per heavy atom. The van der Waals surface area contributed by atoms with Gasteiger partial charge >= 0.3 is 39.2 Å². The molecule has 0 aromatic carbocycles. The fourth-order valence-corrected chi connectivity index (χ4v) is 3.93. The number of rotatable bonds is 9. The van der Waals surface area contributed by atoms with E-state index in [0.29, 0.717) is 19.8 Å². The highest BCUT2D eigenvalue weighted by Crippen LogP contribution is 2.33. The van der Waals surface area contributed by atoms with Crippen molar-refractivity contribution < 1.29 is 59.9 Å². The normalized spacial score (nSPS) is 23.8. The van der Waals surface area contributed by atoms with Gasteiger partial charge in [-0.3, -0.25) is 14.1 Å². The average molecular weight is 500 g/mol. The first-order chi connectivity index (χ1) is 15.1. The number of hydrogen-bond donors (Lipinski definition) is 1. The van der Waals surface area contributed by atoms with Gasteiger partial charge in [0.05, 0.1) is 12.8 Å². The van der Waals surface area contributed by atoms with E-state index < -0.39 is 76.0 Å². The zero-order valence-electron chi connectivity index (χ0n) is 18.1. The second-order valence-corrected chi connectivity index (χ2v) is 9.73. The molecule has 0 radical (unpaired) electrons. The van der Waals surface area contributed by atoms with Crippen LogP contribution in [0.1, 0.15) is 65.2 Å². The lowest BCUT2D eigenvalue weighted by Crippen LogP contribution is -2.42. The topological polar surface area (TPSA) is 160 Å². The van der Waals surface area contributed by atoms with E-state index in [1.54, 1.807) is 6.92 Å². The molecule has 0 aromatic rings. The molecule has 1 aliphatic carbocycles. The van der Waals surface area contributed by atoms with Gasteiger partial charge in [-0.2, -0.15) is 17.2 Å². The third kappa shape index (κ3) is 7.06. The third-order valence-electron chi connectivity index (χ3n) is 5.40. The summed E-state index contributed by atoms with van der Waals surface area (Å²) in [6.07, 6.45) is -2.68. The number of halogens is 2. The molecule has 1 saturated carbocycles. The molecule has 33 heavy (non-hydrogen) atoms. The lowest BCUT2D eigenvalue weighted by Gasteiger charge is -2.33. The Bertz CT molecular complexity index is 880. The van der Waals surface area contributed by atoms with E-state index in [9.17, 15) is 36.4 Å². The fraction of sp³-hybridized carbons (Fsp3) is 0.789. The Kier molecular flexibility index (Phi) is 8.38. The summed E-state index contributed by atoms with van der Waals surface area (Å²) in [4.78, 5) is 47.8. The first-order valence-electron chi connectivity index (χ1n) is 10.3. The van der Waals surface area contributed by atoms with Crippen LogP contribution < -0.4 is 0 Å². The largest absolute Gasteiger partial charge is 0.457 e. The Labute approximate surface area is 188 Å². The van der Waals surface area contributed by atoms with Gasteiger partial charge in [-0.25, -0.2) is 9.59 Å². The SMILES string of the molecule is CC(OC(=O)CCC(=O)OC1CC(C(=O)OC2(C)CCCCC2)OC1=O)C(F)(F)S(=O)(=O)O. The standard InChI is InChI=1S/C19H26F2O11S/c1-11(19(20,21)33(26,27)28)29-14(22)6-7-15(23)30-12-10-13(31-16(12)24)17(25)32-18(2)8-4-3-5-9-18/h11-13H,3-10H2,1-2H3,(H,26,27,28). The molecule has 1 aliphatic heterocycles. The Balaban J connectivity index is 1.79. The molecule has 2 rings (SSSR count). The van der Waals surface area contributed by atoms with Gasteiger partial charge in [-0.05, 0) is 39.5 Å². The minimum absolute atomic E-state index is 0.276. The number of carbonyl (C=O) groups is 4. The van der Waals surface area contributed by atoms with Crippen LogP contribution in [-0.4, -0.2) is 66.0 Å². The molecular weight excluding hydrogens is 474 g/mol. The molecule has 188 valence electrons. The molecule has 1 heterocycles. The summed E-state index contributed by atoms with van der Waals surface area (Å²) in [6.45, 7) is 2.34. The summed E-state index contributed by atoms with van der Waals surface area (Å²) in [5.41, 5.74) is -0.653. The van der Waals surface area contributed by atoms with Crippen LogP contribution in [0.2, 0.25) is 0 Å². The molecule has 0 spiro atoms. The van der Waals surface area contributed by atoms with Gasteiger partial charge < -0.3 is 18.9 Å². The van der Waals surface area contributed by atoms with E-state index in [-0.39, 0.29) is 6.42 Å². The van der Waals surface area contributed by atoms with Gasteiger partial charge in [0.25, 0.3) is 0 Å². The molecular formula is C19H26F2O11S. The summed E-state index contributed by atoms with van der Waals surface area (Å²) in [6, 6.07) is 0. The molecule has 11 nitrogen and oxygen atoms in total. The zero-order chi connectivity index (χ0) is 25.0. The molecule has 0 amide bonds. The van der Waals surface area contributed by atoms with Crippen molar-refractivity contribution in [3.63, 3.8) is 0 Å². The maximum atomic E-state index is 13.4. The van der Waals surface area contributed by atoms with Crippen LogP contribution in [0.3, 0.4) is 0 Å². The van der Waals surface area contributed by atoms with Crippen LogP contribution in [0.25, 0.3) is 0 Å². The Hall–Kier alpha value is -2.35. The number of hydrogen-bond acceptors (Lipinski definition) is 10. The predicted octanol–water partition coefficient (Wildman–Crippen LogP) is 1.67. The van der Waals surface area contributed by atoms with Gasteiger partial charge in [0, 0.05) is 6.42 Å². The van der Waals surface area contributed by atoms with Crippen molar-refractivity contribution in [1.82, 2.24) is 0 Å². The minimum atomic E-state index is -5.82. The van der Waals surface area contributed by atoms with E-state index >= 15 is 0 Å². The highest BCUT2D eigenvalue weighted by atomic mass is 32.2. The van der Waals surface area contributed by atoms with Crippen molar-refractivity contribution in [3.8, 4) is 0 Å². The van der Waals surface area contributed by atoms with E-state index in [1.807, 2.05) is 0 Å². The van der Waals surface area contributed by atoms with Crippen molar-refractivity contribution in [3.05, 3.63) is 0 Å². The number of cyclic esters (lactones) is 1. The molecule has 2 fully saturated rings. The lowest BCUT2D eigenvalue weighted by atomic mass is 9.86. The highest BCUT2D eigenvalue weighted by Gasteiger charge is 2.52. The van der Waals surface area contributed by atoms with Crippen LogP contribution in [0.15, 0.2) is 0 Å². The molecule has 1 N–H and O–H groups in total. The van der Waals surface area contributed by atoms with Crippen LogP contribution in [-0.2, 0) is 48.2 Å². The third-order valence-corrected chi connectivity index (χ3v) is 6.42. The minimum Gasteiger partial charge on any atom is -0.457 e. The summed E-state index contributed by atoms with van der Waals surface area (Å²) in [5, 5.41) is -4.74.